The van der Waals surface area contributed by atoms with E-state index in [2.05, 4.69) is 0 Å². The van der Waals surface area contributed by atoms with Gasteiger partial charge in [-0.2, -0.15) is 0 Å². The van der Waals surface area contributed by atoms with Crippen molar-refractivity contribution in [2.45, 2.75) is 64.1 Å². The van der Waals surface area contributed by atoms with Gasteiger partial charge in [0.1, 0.15) is 6.17 Å². The van der Waals surface area contributed by atoms with E-state index in [4.69, 9.17) is 11.6 Å². The molecule has 144 valence electrons. The number of aliphatic hydroxyl groups excluding tert-OH is 2. The van der Waals surface area contributed by atoms with Crippen molar-refractivity contribution in [2.24, 2.45) is 28.6 Å². The van der Waals surface area contributed by atoms with E-state index in [-0.39, 0.29) is 35.3 Å². The minimum atomic E-state index is -2.13. The number of carbonyl (C=O) groups excluding carboxylic acids is 1. The van der Waals surface area contributed by atoms with E-state index in [0.29, 0.717) is 6.42 Å². The lowest BCUT2D eigenvalue weighted by Gasteiger charge is -2.62. The molecule has 0 unspecified atom stereocenters. The Morgan fingerprint density at radius 1 is 1.23 bits per heavy atom. The molecule has 0 heterocycles. The van der Waals surface area contributed by atoms with Gasteiger partial charge in [-0.3, -0.25) is 4.79 Å². The van der Waals surface area contributed by atoms with Crippen LogP contribution in [0.2, 0.25) is 0 Å². The summed E-state index contributed by atoms with van der Waals surface area (Å²) >= 11 is 6.10. The van der Waals surface area contributed by atoms with Crippen molar-refractivity contribution in [3.63, 3.8) is 0 Å². The van der Waals surface area contributed by atoms with Crippen molar-refractivity contribution < 1.29 is 23.8 Å². The molecule has 4 aliphatic rings. The Morgan fingerprint density at radius 3 is 2.54 bits per heavy atom. The van der Waals surface area contributed by atoms with Crippen LogP contribution in [0.15, 0.2) is 22.8 Å². The highest BCUT2D eigenvalue weighted by molar-refractivity contribution is 6.45. The van der Waals surface area contributed by atoms with Gasteiger partial charge in [-0.1, -0.05) is 31.5 Å². The van der Waals surface area contributed by atoms with Gasteiger partial charge in [0.05, 0.1) is 17.2 Å². The monoisotopic (exact) mass is 386 g/mol. The Hall–Kier alpha value is -0.780. The number of alkyl halides is 2. The number of fused-ring (bicyclic) bond motifs is 5. The number of hydrogen-bond donors (Lipinski definition) is 2. The van der Waals surface area contributed by atoms with Crippen LogP contribution in [0.4, 0.5) is 8.78 Å². The van der Waals surface area contributed by atoms with Crippen molar-refractivity contribution in [1.82, 2.24) is 0 Å². The molecule has 9 atom stereocenters. The van der Waals surface area contributed by atoms with Crippen LogP contribution in [-0.4, -0.2) is 40.0 Å². The molecule has 0 spiro atoms. The molecule has 4 aliphatic carbocycles. The van der Waals surface area contributed by atoms with Crippen LogP contribution in [-0.2, 0) is 4.79 Å². The molecule has 6 heteroatoms. The molecular formula is C20H25ClF2O3. The lowest BCUT2D eigenvalue weighted by molar-refractivity contribution is -0.207. The topological polar surface area (TPSA) is 57.5 Å². The summed E-state index contributed by atoms with van der Waals surface area (Å²) in [5.74, 6) is -1.54. The van der Waals surface area contributed by atoms with Gasteiger partial charge in [0, 0.05) is 11.3 Å². The van der Waals surface area contributed by atoms with Crippen molar-refractivity contribution in [1.29, 1.82) is 0 Å². The summed E-state index contributed by atoms with van der Waals surface area (Å²) in [5.41, 5.74) is -4.29. The van der Waals surface area contributed by atoms with Gasteiger partial charge in [-0.15, -0.1) is 0 Å². The molecule has 0 aliphatic heterocycles. The second-order valence-corrected chi connectivity index (χ2v) is 9.57. The normalized spacial score (nSPS) is 56.2. The summed E-state index contributed by atoms with van der Waals surface area (Å²) in [6.45, 7) is 5.33. The molecule has 3 nitrogen and oxygen atoms in total. The molecule has 3 saturated carbocycles. The van der Waals surface area contributed by atoms with E-state index in [9.17, 15) is 15.0 Å². The van der Waals surface area contributed by atoms with Crippen LogP contribution in [0, 0.1) is 28.6 Å². The van der Waals surface area contributed by atoms with Crippen LogP contribution in [0.3, 0.4) is 0 Å². The van der Waals surface area contributed by atoms with Gasteiger partial charge >= 0.3 is 0 Å². The van der Waals surface area contributed by atoms with E-state index in [1.165, 1.54) is 19.1 Å². The largest absolute Gasteiger partial charge is 0.392 e. The van der Waals surface area contributed by atoms with E-state index < -0.39 is 46.6 Å². The molecule has 0 aromatic carbocycles. The predicted molar refractivity (Wildman–Crippen MR) is 94.0 cm³/mol. The Balaban J connectivity index is 1.89. The summed E-state index contributed by atoms with van der Waals surface area (Å²) in [6.07, 6.45) is -0.419. The molecule has 0 saturated heterocycles. The van der Waals surface area contributed by atoms with Crippen LogP contribution in [0.1, 0.15) is 40.0 Å². The van der Waals surface area contributed by atoms with Crippen LogP contribution >= 0.6 is 11.6 Å². The number of ketones is 1. The molecule has 26 heavy (non-hydrogen) atoms. The van der Waals surface area contributed by atoms with Gasteiger partial charge in [0.2, 0.25) is 0 Å². The SMILES string of the molecule is C[C@@H]1C[C@H]2[C@@H]3C[C@H](F)C4=C(Cl)C(=O)C=C[C@]4(C)[C@@]3(F)[C@@H](O)C[C@]2(C)[C@@H]1O. The quantitative estimate of drug-likeness (QED) is 0.670. The van der Waals surface area contributed by atoms with Crippen molar-refractivity contribution in [3.8, 4) is 0 Å². The smallest absolute Gasteiger partial charge is 0.196 e. The Labute approximate surface area is 157 Å². The summed E-state index contributed by atoms with van der Waals surface area (Å²) in [5, 5.41) is 21.3. The molecule has 2 N–H and O–H groups in total. The summed E-state index contributed by atoms with van der Waals surface area (Å²) < 4.78 is 31.9. The first-order chi connectivity index (χ1) is 12.0. The lowest BCUT2D eigenvalue weighted by atomic mass is 9.45. The van der Waals surface area contributed by atoms with Crippen LogP contribution in [0.5, 0.6) is 0 Å². The minimum Gasteiger partial charge on any atom is -0.392 e. The highest BCUT2D eigenvalue weighted by atomic mass is 35.5. The summed E-state index contributed by atoms with van der Waals surface area (Å²) in [6, 6.07) is 0. The molecule has 0 amide bonds. The number of aliphatic hydroxyl groups is 2. The van der Waals surface area contributed by atoms with Gasteiger partial charge in [0.25, 0.3) is 0 Å². The Morgan fingerprint density at radius 2 is 1.88 bits per heavy atom. The summed E-state index contributed by atoms with van der Waals surface area (Å²) in [7, 11) is 0. The maximum Gasteiger partial charge on any atom is 0.196 e. The molecule has 3 fully saturated rings. The highest BCUT2D eigenvalue weighted by Gasteiger charge is 2.73. The fourth-order valence-corrected chi connectivity index (χ4v) is 7.02. The number of carbonyl (C=O) groups is 1. The number of halogens is 3. The second-order valence-electron chi connectivity index (χ2n) is 9.20. The number of hydrogen-bond acceptors (Lipinski definition) is 3. The summed E-state index contributed by atoms with van der Waals surface area (Å²) in [4.78, 5) is 11.9. The fraction of sp³-hybridized carbons (Fsp3) is 0.750. The average Bonchev–Trinajstić information content (AvgIpc) is 2.78. The zero-order chi connectivity index (χ0) is 19.2. The fourth-order valence-electron chi connectivity index (χ4n) is 6.64. The zero-order valence-corrected chi connectivity index (χ0v) is 15.9. The third kappa shape index (κ3) is 1.92. The zero-order valence-electron chi connectivity index (χ0n) is 15.2. The lowest BCUT2D eigenvalue weighted by Crippen LogP contribution is -2.68. The maximum atomic E-state index is 16.7. The second kappa shape index (κ2) is 5.39. The third-order valence-electron chi connectivity index (χ3n) is 7.98. The van der Waals surface area contributed by atoms with Gasteiger partial charge in [0.15, 0.2) is 11.5 Å². The first kappa shape index (κ1) is 18.6. The molecular weight excluding hydrogens is 362 g/mol. The van der Waals surface area contributed by atoms with Gasteiger partial charge < -0.3 is 10.2 Å². The molecule has 0 aromatic heterocycles. The van der Waals surface area contributed by atoms with E-state index in [0.717, 1.165) is 0 Å². The Bertz CT molecular complexity index is 737. The maximum absolute atomic E-state index is 16.7. The molecule has 0 radical (unpaired) electrons. The van der Waals surface area contributed by atoms with Gasteiger partial charge in [-0.05, 0) is 55.1 Å². The average molecular weight is 387 g/mol. The van der Waals surface area contributed by atoms with E-state index >= 15 is 8.78 Å². The van der Waals surface area contributed by atoms with Crippen molar-refractivity contribution in [3.05, 3.63) is 22.8 Å². The number of rotatable bonds is 0. The van der Waals surface area contributed by atoms with E-state index in [1.54, 1.807) is 0 Å². The standard InChI is InChI=1S/C20H25ClF2O3/c1-9-6-10-11-7-12(22)15-16(21)13(24)4-5-19(15,3)20(11,23)14(25)8-18(10,2)17(9)26/h4-5,9-12,14,17,25-26H,6-8H2,1-3H3/t9-,10+,11+,12+,14+,17-,18+,19+,20+/m1/s1. The van der Waals surface area contributed by atoms with Gasteiger partial charge in [-0.25, -0.2) is 8.78 Å². The Kier molecular flexibility index (Phi) is 3.85. The van der Waals surface area contributed by atoms with Crippen molar-refractivity contribution in [2.75, 3.05) is 0 Å². The predicted octanol–water partition coefficient (Wildman–Crippen LogP) is 3.48. The van der Waals surface area contributed by atoms with E-state index in [1.807, 2.05) is 13.8 Å². The molecule has 4 rings (SSSR count). The first-order valence-electron chi connectivity index (χ1n) is 9.31. The molecule has 0 aromatic rings. The minimum absolute atomic E-state index is 0.0329. The highest BCUT2D eigenvalue weighted by Crippen LogP contribution is 2.69. The molecule has 0 bridgehead atoms. The third-order valence-corrected chi connectivity index (χ3v) is 8.37. The van der Waals surface area contributed by atoms with Crippen molar-refractivity contribution >= 4 is 17.4 Å². The van der Waals surface area contributed by atoms with Crippen LogP contribution < -0.4 is 0 Å². The van der Waals surface area contributed by atoms with Crippen LogP contribution in [0.25, 0.3) is 0 Å². The number of allylic oxidation sites excluding steroid dienone is 4. The first-order valence-corrected chi connectivity index (χ1v) is 9.69.